The van der Waals surface area contributed by atoms with Crippen LogP contribution in [0.4, 0.5) is 0 Å². The quantitative estimate of drug-likeness (QED) is 0.400. The van der Waals surface area contributed by atoms with Crippen LogP contribution in [-0.4, -0.2) is 9.97 Å². The summed E-state index contributed by atoms with van der Waals surface area (Å²) in [7, 11) is 0. The number of benzene rings is 1. The fraction of sp³-hybridized carbons (Fsp3) is 0.0769. The van der Waals surface area contributed by atoms with Crippen molar-refractivity contribution in [2.45, 2.75) is 10.8 Å². The van der Waals surface area contributed by atoms with Crippen molar-refractivity contribution in [3.05, 3.63) is 52.6 Å². The van der Waals surface area contributed by atoms with Crippen molar-refractivity contribution in [3.8, 4) is 0 Å². The van der Waals surface area contributed by atoms with Crippen LogP contribution in [0.3, 0.4) is 0 Å². The molecule has 0 saturated carbocycles. The summed E-state index contributed by atoms with van der Waals surface area (Å²) < 4.78 is 0. The molecule has 0 fully saturated rings. The van der Waals surface area contributed by atoms with Crippen LogP contribution >= 0.6 is 34.7 Å². The number of nitrogens with zero attached hydrogens (tertiary/aromatic N) is 2. The number of thiophene rings is 1. The molecular weight excluding hydrogens is 284 g/mol. The number of rotatable bonds is 3. The molecule has 2 aromatic heterocycles. The van der Waals surface area contributed by atoms with Crippen LogP contribution < -0.4 is 0 Å². The predicted octanol–water partition coefficient (Wildman–Crippen LogP) is 4.64. The minimum atomic E-state index is 0.320. The third-order valence-corrected chi connectivity index (χ3v) is 4.52. The van der Waals surface area contributed by atoms with Gasteiger partial charge in [0, 0.05) is 11.1 Å². The molecule has 0 unspecified atom stereocenters. The molecule has 0 aliphatic carbocycles. The molecule has 0 atom stereocenters. The van der Waals surface area contributed by atoms with Gasteiger partial charge in [-0.1, -0.05) is 30.3 Å². The standard InChI is InChI=1S/C13H9ClN2S2/c14-13-15-11-10(6-7-17-11)12(16-13)18-8-9-4-2-1-3-5-9/h1-7H,8H2. The molecule has 1 aromatic carbocycles. The van der Waals surface area contributed by atoms with Crippen molar-refractivity contribution in [2.24, 2.45) is 0 Å². The second-order valence-electron chi connectivity index (χ2n) is 3.71. The zero-order chi connectivity index (χ0) is 12.4. The lowest BCUT2D eigenvalue weighted by Gasteiger charge is -2.03. The zero-order valence-electron chi connectivity index (χ0n) is 9.34. The summed E-state index contributed by atoms with van der Waals surface area (Å²) >= 11 is 9.21. The van der Waals surface area contributed by atoms with E-state index in [1.807, 2.05) is 29.6 Å². The maximum atomic E-state index is 5.93. The van der Waals surface area contributed by atoms with Crippen LogP contribution in [0.5, 0.6) is 0 Å². The lowest BCUT2D eigenvalue weighted by atomic mass is 10.2. The number of thioether (sulfide) groups is 1. The summed E-state index contributed by atoms with van der Waals surface area (Å²) in [5.74, 6) is 0.888. The van der Waals surface area contributed by atoms with E-state index >= 15 is 0 Å². The summed E-state index contributed by atoms with van der Waals surface area (Å²) in [6, 6.07) is 12.4. The van der Waals surface area contributed by atoms with Crippen LogP contribution in [-0.2, 0) is 5.75 Å². The second-order valence-corrected chi connectivity index (χ2v) is 5.91. The van der Waals surface area contributed by atoms with Gasteiger partial charge in [0.05, 0.1) is 0 Å². The van der Waals surface area contributed by atoms with Gasteiger partial charge in [0.2, 0.25) is 5.28 Å². The number of halogens is 1. The largest absolute Gasteiger partial charge is 0.224 e. The zero-order valence-corrected chi connectivity index (χ0v) is 11.7. The average Bonchev–Trinajstić information content (AvgIpc) is 2.85. The molecule has 3 aromatic rings. The lowest BCUT2D eigenvalue weighted by molar-refractivity contribution is 1.11. The molecule has 0 bridgehead atoms. The van der Waals surface area contributed by atoms with E-state index in [0.717, 1.165) is 21.0 Å². The van der Waals surface area contributed by atoms with E-state index in [9.17, 15) is 0 Å². The van der Waals surface area contributed by atoms with Gasteiger partial charge in [-0.15, -0.1) is 23.1 Å². The Labute approximate surface area is 118 Å². The first-order chi connectivity index (χ1) is 8.83. The number of aromatic nitrogens is 2. The highest BCUT2D eigenvalue weighted by atomic mass is 35.5. The molecule has 0 aliphatic rings. The Morgan fingerprint density at radius 3 is 2.78 bits per heavy atom. The highest BCUT2D eigenvalue weighted by Gasteiger charge is 2.08. The van der Waals surface area contributed by atoms with Gasteiger partial charge in [0.15, 0.2) is 0 Å². The van der Waals surface area contributed by atoms with Gasteiger partial charge >= 0.3 is 0 Å². The van der Waals surface area contributed by atoms with Crippen molar-refractivity contribution < 1.29 is 0 Å². The third-order valence-electron chi connectivity index (χ3n) is 2.48. The molecule has 3 rings (SSSR count). The van der Waals surface area contributed by atoms with Crippen LogP contribution in [0.1, 0.15) is 5.56 Å². The monoisotopic (exact) mass is 292 g/mol. The molecule has 0 radical (unpaired) electrons. The van der Waals surface area contributed by atoms with Gasteiger partial charge in [0.1, 0.15) is 9.86 Å². The van der Waals surface area contributed by atoms with Crippen LogP contribution in [0.25, 0.3) is 10.2 Å². The maximum absolute atomic E-state index is 5.93. The van der Waals surface area contributed by atoms with E-state index in [1.54, 1.807) is 23.1 Å². The predicted molar refractivity (Wildman–Crippen MR) is 78.4 cm³/mol. The molecular formula is C13H9ClN2S2. The fourth-order valence-corrected chi connectivity index (χ4v) is 3.70. The average molecular weight is 293 g/mol. The SMILES string of the molecule is Clc1nc(SCc2ccccc2)c2ccsc2n1. The molecule has 2 heterocycles. The van der Waals surface area contributed by atoms with Crippen molar-refractivity contribution in [2.75, 3.05) is 0 Å². The highest BCUT2D eigenvalue weighted by molar-refractivity contribution is 7.98. The first-order valence-electron chi connectivity index (χ1n) is 5.40. The van der Waals surface area contributed by atoms with Crippen molar-refractivity contribution in [1.29, 1.82) is 0 Å². The Bertz CT molecular complexity index is 667. The minimum Gasteiger partial charge on any atom is -0.211 e. The topological polar surface area (TPSA) is 25.8 Å². The fourth-order valence-electron chi connectivity index (χ4n) is 1.64. The summed E-state index contributed by atoms with van der Waals surface area (Å²) in [5, 5.41) is 4.38. The molecule has 2 nitrogen and oxygen atoms in total. The summed E-state index contributed by atoms with van der Waals surface area (Å²) in [4.78, 5) is 9.47. The van der Waals surface area contributed by atoms with E-state index in [1.165, 1.54) is 5.56 Å². The van der Waals surface area contributed by atoms with E-state index < -0.39 is 0 Å². The van der Waals surface area contributed by atoms with Crippen molar-refractivity contribution in [1.82, 2.24) is 9.97 Å². The first-order valence-corrected chi connectivity index (χ1v) is 7.65. The van der Waals surface area contributed by atoms with Crippen LogP contribution in [0.15, 0.2) is 46.8 Å². The van der Waals surface area contributed by atoms with Crippen LogP contribution in [0, 0.1) is 0 Å². The van der Waals surface area contributed by atoms with Gasteiger partial charge in [-0.3, -0.25) is 0 Å². The van der Waals surface area contributed by atoms with E-state index in [-0.39, 0.29) is 0 Å². The summed E-state index contributed by atoms with van der Waals surface area (Å²) in [6.45, 7) is 0. The molecule has 0 N–H and O–H groups in total. The van der Waals surface area contributed by atoms with Crippen LogP contribution in [0.2, 0.25) is 5.28 Å². The number of hydrogen-bond acceptors (Lipinski definition) is 4. The lowest BCUT2D eigenvalue weighted by Crippen LogP contribution is -1.87. The molecule has 5 heteroatoms. The second kappa shape index (κ2) is 5.26. The van der Waals surface area contributed by atoms with Gasteiger partial charge < -0.3 is 0 Å². The first kappa shape index (κ1) is 12.0. The smallest absolute Gasteiger partial charge is 0.211 e. The maximum Gasteiger partial charge on any atom is 0.224 e. The van der Waals surface area contributed by atoms with Gasteiger partial charge in [-0.2, -0.15) is 0 Å². The van der Waals surface area contributed by atoms with Crippen molar-refractivity contribution >= 4 is 44.9 Å². The van der Waals surface area contributed by atoms with Crippen molar-refractivity contribution in [3.63, 3.8) is 0 Å². The Morgan fingerprint density at radius 2 is 1.94 bits per heavy atom. The minimum absolute atomic E-state index is 0.320. The Morgan fingerprint density at radius 1 is 1.11 bits per heavy atom. The highest BCUT2D eigenvalue weighted by Crippen LogP contribution is 2.31. The molecule has 90 valence electrons. The molecule has 0 amide bonds. The van der Waals surface area contributed by atoms with Gasteiger partial charge in [-0.25, -0.2) is 9.97 Å². The molecule has 0 spiro atoms. The summed E-state index contributed by atoms with van der Waals surface area (Å²) in [6.07, 6.45) is 0. The van der Waals surface area contributed by atoms with E-state index in [0.29, 0.717) is 5.28 Å². The molecule has 18 heavy (non-hydrogen) atoms. The third kappa shape index (κ3) is 2.51. The number of hydrogen-bond donors (Lipinski definition) is 0. The normalized spacial score (nSPS) is 10.9. The Hall–Kier alpha value is -1.10. The summed E-state index contributed by atoms with van der Waals surface area (Å²) in [5.41, 5.74) is 1.28. The van der Waals surface area contributed by atoms with E-state index in [4.69, 9.17) is 11.6 Å². The van der Waals surface area contributed by atoms with E-state index in [2.05, 4.69) is 22.1 Å². The Kier molecular flexibility index (Phi) is 3.50. The Balaban J connectivity index is 1.88. The molecule has 0 saturated heterocycles. The number of fused-ring (bicyclic) bond motifs is 1. The molecule has 0 aliphatic heterocycles. The van der Waals surface area contributed by atoms with Gasteiger partial charge in [0.25, 0.3) is 0 Å². The van der Waals surface area contributed by atoms with Gasteiger partial charge in [-0.05, 0) is 28.6 Å².